The molecule has 0 heterocycles. The fraction of sp³-hybridized carbons (Fsp3) is 0.600. The molecule has 27 heavy (non-hydrogen) atoms. The molecular formula is C20H28Cl2O5. The summed E-state index contributed by atoms with van der Waals surface area (Å²) in [6.45, 7) is 11.1. The van der Waals surface area contributed by atoms with E-state index < -0.39 is 17.5 Å². The van der Waals surface area contributed by atoms with Crippen LogP contribution in [0.1, 0.15) is 41.5 Å². The minimum absolute atomic E-state index is 0.0285. The van der Waals surface area contributed by atoms with E-state index in [1.807, 2.05) is 27.7 Å². The first kappa shape index (κ1) is 23.6. The Bertz CT molecular complexity index is 656. The monoisotopic (exact) mass is 418 g/mol. The van der Waals surface area contributed by atoms with Crippen molar-refractivity contribution >= 4 is 35.1 Å². The van der Waals surface area contributed by atoms with Gasteiger partial charge in [0.05, 0.1) is 17.5 Å². The molecule has 0 bridgehead atoms. The smallest absolute Gasteiger partial charge is 0.344 e. The number of hydrogen-bond acceptors (Lipinski definition) is 5. The van der Waals surface area contributed by atoms with Crippen molar-refractivity contribution in [1.82, 2.24) is 0 Å². The van der Waals surface area contributed by atoms with E-state index in [1.165, 1.54) is 6.07 Å². The number of rotatable bonds is 9. The number of carbonyl (C=O) groups excluding carboxylic acids is 2. The van der Waals surface area contributed by atoms with Crippen LogP contribution in [-0.4, -0.2) is 31.3 Å². The molecule has 0 radical (unpaired) electrons. The third-order valence-electron chi connectivity index (χ3n) is 3.93. The molecular weight excluding hydrogens is 391 g/mol. The molecule has 5 nitrogen and oxygen atoms in total. The average molecular weight is 419 g/mol. The maximum atomic E-state index is 12.3. The van der Waals surface area contributed by atoms with Crippen LogP contribution in [0.25, 0.3) is 0 Å². The lowest BCUT2D eigenvalue weighted by molar-refractivity contribution is -0.168. The van der Waals surface area contributed by atoms with Gasteiger partial charge in [-0.2, -0.15) is 0 Å². The lowest BCUT2D eigenvalue weighted by atomic mass is 9.81. The van der Waals surface area contributed by atoms with Crippen LogP contribution in [0, 0.1) is 17.3 Å². The Hall–Kier alpha value is -1.46. The van der Waals surface area contributed by atoms with Crippen molar-refractivity contribution in [2.45, 2.75) is 47.6 Å². The third kappa shape index (κ3) is 7.59. The first-order valence-electron chi connectivity index (χ1n) is 8.88. The molecule has 1 aromatic rings. The van der Waals surface area contributed by atoms with Gasteiger partial charge in [0.15, 0.2) is 6.61 Å². The van der Waals surface area contributed by atoms with Crippen molar-refractivity contribution in [3.63, 3.8) is 0 Å². The molecule has 0 saturated carbocycles. The summed E-state index contributed by atoms with van der Waals surface area (Å²) in [6.07, 6.45) is -0.450. The highest BCUT2D eigenvalue weighted by Gasteiger charge is 2.36. The van der Waals surface area contributed by atoms with Gasteiger partial charge in [0.1, 0.15) is 11.9 Å². The Kier molecular flexibility index (Phi) is 8.89. The molecule has 0 saturated heterocycles. The normalized spacial score (nSPS) is 12.8. The van der Waals surface area contributed by atoms with E-state index in [2.05, 4.69) is 0 Å². The second-order valence-electron chi connectivity index (χ2n) is 7.77. The molecule has 0 fully saturated rings. The van der Waals surface area contributed by atoms with Crippen LogP contribution in [0.2, 0.25) is 10.0 Å². The SMILES string of the molecule is CC(C)C(=O)OCC(C)(C)[C@H](OC(=O)COc1ccc(Cl)cc1Cl)C(C)C. The van der Waals surface area contributed by atoms with Crippen molar-refractivity contribution in [2.75, 3.05) is 13.2 Å². The summed E-state index contributed by atoms with van der Waals surface area (Å²) in [4.78, 5) is 24.0. The summed E-state index contributed by atoms with van der Waals surface area (Å²) < 4.78 is 16.4. The van der Waals surface area contributed by atoms with Crippen LogP contribution in [0.5, 0.6) is 5.75 Å². The molecule has 0 amide bonds. The van der Waals surface area contributed by atoms with Gasteiger partial charge in [0.2, 0.25) is 0 Å². The maximum absolute atomic E-state index is 12.3. The number of hydrogen-bond donors (Lipinski definition) is 0. The molecule has 152 valence electrons. The van der Waals surface area contributed by atoms with E-state index in [9.17, 15) is 9.59 Å². The van der Waals surface area contributed by atoms with Gasteiger partial charge in [-0.25, -0.2) is 4.79 Å². The number of ether oxygens (including phenoxy) is 3. The van der Waals surface area contributed by atoms with E-state index >= 15 is 0 Å². The third-order valence-corrected chi connectivity index (χ3v) is 4.46. The Morgan fingerprint density at radius 3 is 2.26 bits per heavy atom. The lowest BCUT2D eigenvalue weighted by Gasteiger charge is -2.36. The van der Waals surface area contributed by atoms with Crippen LogP contribution in [0.15, 0.2) is 18.2 Å². The molecule has 0 aliphatic rings. The summed E-state index contributed by atoms with van der Waals surface area (Å²) in [5.74, 6) is -0.635. The Morgan fingerprint density at radius 1 is 1.11 bits per heavy atom. The fourth-order valence-corrected chi connectivity index (χ4v) is 3.07. The summed E-state index contributed by atoms with van der Waals surface area (Å²) in [5, 5.41) is 0.795. The summed E-state index contributed by atoms with van der Waals surface area (Å²) in [5.41, 5.74) is -0.549. The summed E-state index contributed by atoms with van der Waals surface area (Å²) >= 11 is 11.9. The molecule has 1 rings (SSSR count). The predicted molar refractivity (Wildman–Crippen MR) is 106 cm³/mol. The van der Waals surface area contributed by atoms with E-state index in [-0.39, 0.29) is 31.0 Å². The maximum Gasteiger partial charge on any atom is 0.344 e. The van der Waals surface area contributed by atoms with Gasteiger partial charge < -0.3 is 14.2 Å². The number of benzene rings is 1. The average Bonchev–Trinajstić information content (AvgIpc) is 2.56. The molecule has 7 heteroatoms. The first-order valence-corrected chi connectivity index (χ1v) is 9.63. The van der Waals surface area contributed by atoms with Crippen molar-refractivity contribution in [2.24, 2.45) is 17.3 Å². The molecule has 0 aliphatic heterocycles. The largest absolute Gasteiger partial charge is 0.480 e. The number of carbonyl (C=O) groups is 2. The van der Waals surface area contributed by atoms with Gasteiger partial charge in [-0.3, -0.25) is 4.79 Å². The van der Waals surface area contributed by atoms with Crippen molar-refractivity contribution in [1.29, 1.82) is 0 Å². The summed E-state index contributed by atoms with van der Waals surface area (Å²) in [7, 11) is 0. The zero-order valence-corrected chi connectivity index (χ0v) is 18.2. The predicted octanol–water partition coefficient (Wildman–Crippen LogP) is 5.17. The number of esters is 2. The zero-order chi connectivity index (χ0) is 20.8. The summed E-state index contributed by atoms with van der Waals surface area (Å²) in [6, 6.07) is 4.75. The van der Waals surface area contributed by atoms with E-state index in [0.29, 0.717) is 15.8 Å². The van der Waals surface area contributed by atoms with Gasteiger partial charge in [0, 0.05) is 10.4 Å². The molecule has 0 spiro atoms. The zero-order valence-electron chi connectivity index (χ0n) is 16.7. The van der Waals surface area contributed by atoms with Crippen molar-refractivity contribution < 1.29 is 23.8 Å². The van der Waals surface area contributed by atoms with Gasteiger partial charge >= 0.3 is 11.9 Å². The lowest BCUT2D eigenvalue weighted by Crippen LogP contribution is -2.42. The van der Waals surface area contributed by atoms with Gasteiger partial charge in [-0.15, -0.1) is 0 Å². The van der Waals surface area contributed by atoms with E-state index in [0.717, 1.165) is 0 Å². The Morgan fingerprint density at radius 2 is 1.74 bits per heavy atom. The quantitative estimate of drug-likeness (QED) is 0.517. The van der Waals surface area contributed by atoms with E-state index in [4.69, 9.17) is 37.4 Å². The van der Waals surface area contributed by atoms with Crippen LogP contribution in [-0.2, 0) is 19.1 Å². The Balaban J connectivity index is 2.69. The molecule has 1 atom stereocenters. The van der Waals surface area contributed by atoms with Crippen LogP contribution in [0.4, 0.5) is 0 Å². The number of halogens is 2. The van der Waals surface area contributed by atoms with Gasteiger partial charge in [0.25, 0.3) is 0 Å². The highest BCUT2D eigenvalue weighted by molar-refractivity contribution is 6.35. The van der Waals surface area contributed by atoms with Crippen LogP contribution < -0.4 is 4.74 Å². The first-order chi connectivity index (χ1) is 12.4. The fourth-order valence-electron chi connectivity index (χ4n) is 2.61. The molecule has 1 aromatic carbocycles. The van der Waals surface area contributed by atoms with Gasteiger partial charge in [-0.05, 0) is 24.1 Å². The van der Waals surface area contributed by atoms with Gasteiger partial charge in [-0.1, -0.05) is 64.7 Å². The minimum Gasteiger partial charge on any atom is -0.480 e. The van der Waals surface area contributed by atoms with E-state index in [1.54, 1.807) is 26.0 Å². The molecule has 0 unspecified atom stereocenters. The minimum atomic E-state index is -0.549. The molecule has 0 N–H and O–H groups in total. The highest BCUT2D eigenvalue weighted by atomic mass is 35.5. The topological polar surface area (TPSA) is 61.8 Å². The second-order valence-corrected chi connectivity index (χ2v) is 8.61. The standard InChI is InChI=1S/C20H28Cl2O5/c1-12(2)18(20(5,6)11-26-19(24)13(3)4)27-17(23)10-25-16-8-7-14(21)9-15(16)22/h7-9,12-13,18H,10-11H2,1-6H3/t18-/m1/s1. The van der Waals surface area contributed by atoms with Crippen molar-refractivity contribution in [3.05, 3.63) is 28.2 Å². The van der Waals surface area contributed by atoms with Crippen LogP contribution in [0.3, 0.4) is 0 Å². The molecule has 0 aromatic heterocycles. The molecule has 0 aliphatic carbocycles. The van der Waals surface area contributed by atoms with Crippen LogP contribution >= 0.6 is 23.2 Å². The second kappa shape index (κ2) is 10.2. The highest BCUT2D eigenvalue weighted by Crippen LogP contribution is 2.31. The van der Waals surface area contributed by atoms with Crippen molar-refractivity contribution in [3.8, 4) is 5.75 Å². The Labute approximate surface area is 171 Å².